The van der Waals surface area contributed by atoms with Gasteiger partial charge in [-0.25, -0.2) is 0 Å². The van der Waals surface area contributed by atoms with Gasteiger partial charge < -0.3 is 15.6 Å². The molecule has 0 saturated heterocycles. The van der Waals surface area contributed by atoms with Crippen molar-refractivity contribution in [2.75, 3.05) is 10.6 Å². The third-order valence-corrected chi connectivity index (χ3v) is 4.92. The number of carbonyl (C=O) groups is 3. The average molecular weight is 337 g/mol. The summed E-state index contributed by atoms with van der Waals surface area (Å²) in [4.78, 5) is 39.3. The summed E-state index contributed by atoms with van der Waals surface area (Å²) in [6.45, 7) is 1.82. The van der Waals surface area contributed by atoms with Crippen LogP contribution in [-0.4, -0.2) is 22.6 Å². The van der Waals surface area contributed by atoms with E-state index in [-0.39, 0.29) is 17.6 Å². The Hall–Kier alpha value is -2.89. The summed E-state index contributed by atoms with van der Waals surface area (Å²) in [7, 11) is 0. The number of aromatic amines is 1. The van der Waals surface area contributed by atoms with E-state index >= 15 is 0 Å². The number of amides is 2. The van der Waals surface area contributed by atoms with Gasteiger partial charge in [-0.15, -0.1) is 0 Å². The molecule has 2 aromatic rings. The highest BCUT2D eigenvalue weighted by molar-refractivity contribution is 6.08. The van der Waals surface area contributed by atoms with Crippen molar-refractivity contribution < 1.29 is 14.4 Å². The third-order valence-electron chi connectivity index (χ3n) is 4.92. The first kappa shape index (κ1) is 15.6. The minimum absolute atomic E-state index is 0.0153. The lowest BCUT2D eigenvalue weighted by Crippen LogP contribution is -2.19. The van der Waals surface area contributed by atoms with Gasteiger partial charge in [0.05, 0.1) is 0 Å². The van der Waals surface area contributed by atoms with E-state index in [1.807, 2.05) is 13.0 Å². The van der Waals surface area contributed by atoms with E-state index in [0.717, 1.165) is 35.3 Å². The zero-order chi connectivity index (χ0) is 17.6. The first-order chi connectivity index (χ1) is 12.0. The van der Waals surface area contributed by atoms with Crippen molar-refractivity contribution in [2.24, 2.45) is 0 Å². The molecule has 0 fully saturated rings. The van der Waals surface area contributed by atoms with Crippen LogP contribution in [0.5, 0.6) is 0 Å². The molecule has 128 valence electrons. The van der Waals surface area contributed by atoms with Gasteiger partial charge in [-0.3, -0.25) is 14.4 Å². The fraction of sp³-hybridized carbons (Fsp3) is 0.316. The molecule has 1 aliphatic carbocycles. The Kier molecular flexibility index (Phi) is 3.67. The predicted octanol–water partition coefficient (Wildman–Crippen LogP) is 2.98. The molecule has 1 aliphatic heterocycles. The van der Waals surface area contributed by atoms with Crippen molar-refractivity contribution in [1.29, 1.82) is 0 Å². The van der Waals surface area contributed by atoms with Crippen LogP contribution in [0.3, 0.4) is 0 Å². The minimum atomic E-state index is -0.250. The number of hydrogen-bond donors (Lipinski definition) is 3. The topological polar surface area (TPSA) is 91.1 Å². The van der Waals surface area contributed by atoms with Crippen molar-refractivity contribution in [3.05, 3.63) is 46.3 Å². The van der Waals surface area contributed by atoms with Crippen molar-refractivity contribution in [3.63, 3.8) is 0 Å². The molecule has 25 heavy (non-hydrogen) atoms. The summed E-state index contributed by atoms with van der Waals surface area (Å²) in [6, 6.07) is 5.46. The van der Waals surface area contributed by atoms with E-state index < -0.39 is 0 Å². The first-order valence-electron chi connectivity index (χ1n) is 8.51. The third kappa shape index (κ3) is 2.73. The van der Waals surface area contributed by atoms with Crippen LogP contribution >= 0.6 is 0 Å². The number of rotatable bonds is 2. The van der Waals surface area contributed by atoms with Crippen LogP contribution in [0.25, 0.3) is 0 Å². The fourth-order valence-corrected chi connectivity index (χ4v) is 3.66. The van der Waals surface area contributed by atoms with E-state index in [1.54, 1.807) is 12.1 Å². The van der Waals surface area contributed by atoms with Gasteiger partial charge in [0.15, 0.2) is 5.78 Å². The summed E-state index contributed by atoms with van der Waals surface area (Å²) in [5, 5.41) is 5.71. The highest BCUT2D eigenvalue weighted by atomic mass is 16.2. The first-order valence-corrected chi connectivity index (χ1v) is 8.51. The molecule has 0 unspecified atom stereocenters. The number of aromatic nitrogens is 1. The van der Waals surface area contributed by atoms with Gasteiger partial charge in [-0.05, 0) is 55.5 Å². The molecule has 3 N–H and O–H groups in total. The number of Topliss-reactive ketones (excluding diaryl/α,β-unsaturated/α-hetero) is 1. The number of H-pyrrole nitrogens is 1. The smallest absolute Gasteiger partial charge is 0.272 e. The molecule has 6 heteroatoms. The highest BCUT2D eigenvalue weighted by Crippen LogP contribution is 2.28. The highest BCUT2D eigenvalue weighted by Gasteiger charge is 2.26. The normalized spacial score (nSPS) is 16.0. The number of aryl methyl sites for hydroxylation is 2. The maximum Gasteiger partial charge on any atom is 0.272 e. The summed E-state index contributed by atoms with van der Waals surface area (Å²) in [6.07, 6.45) is 3.28. The molecule has 2 heterocycles. The Morgan fingerprint density at radius 2 is 1.96 bits per heavy atom. The standard InChI is InChI=1S/C19H19N3O3/c1-10-17-14(3-2-4-15(17)23)22-18(10)19(25)20-12-6-7-13-11(9-12)5-8-16(24)21-13/h6-7,9,22H,2-5,8H2,1H3,(H,20,25)(H,21,24). The van der Waals surface area contributed by atoms with Gasteiger partial charge in [0.1, 0.15) is 5.69 Å². The molecule has 6 nitrogen and oxygen atoms in total. The number of nitrogens with one attached hydrogen (secondary N) is 3. The zero-order valence-corrected chi connectivity index (χ0v) is 14.0. The van der Waals surface area contributed by atoms with E-state index in [4.69, 9.17) is 0 Å². The van der Waals surface area contributed by atoms with E-state index in [2.05, 4.69) is 15.6 Å². The molecule has 4 rings (SSSR count). The van der Waals surface area contributed by atoms with E-state index in [0.29, 0.717) is 36.2 Å². The lowest BCUT2D eigenvalue weighted by molar-refractivity contribution is -0.116. The number of benzene rings is 1. The van der Waals surface area contributed by atoms with Crippen molar-refractivity contribution in [3.8, 4) is 0 Å². The number of hydrogen-bond acceptors (Lipinski definition) is 3. The van der Waals surface area contributed by atoms with E-state index in [1.165, 1.54) is 0 Å². The van der Waals surface area contributed by atoms with Crippen LogP contribution in [0.15, 0.2) is 18.2 Å². The Morgan fingerprint density at radius 3 is 2.76 bits per heavy atom. The number of anilines is 2. The van der Waals surface area contributed by atoms with Crippen LogP contribution in [0.4, 0.5) is 11.4 Å². The van der Waals surface area contributed by atoms with Crippen molar-refractivity contribution in [2.45, 2.75) is 39.0 Å². The maximum absolute atomic E-state index is 12.7. The molecule has 0 saturated carbocycles. The molecule has 1 aromatic heterocycles. The molecular formula is C19H19N3O3. The molecule has 0 bridgehead atoms. The van der Waals surface area contributed by atoms with Crippen molar-refractivity contribution in [1.82, 2.24) is 4.98 Å². The van der Waals surface area contributed by atoms with Crippen LogP contribution in [0, 0.1) is 6.92 Å². The molecular weight excluding hydrogens is 318 g/mol. The van der Waals surface area contributed by atoms with Crippen LogP contribution < -0.4 is 10.6 Å². The molecule has 0 radical (unpaired) electrons. The zero-order valence-electron chi connectivity index (χ0n) is 14.0. The Morgan fingerprint density at radius 1 is 1.12 bits per heavy atom. The van der Waals surface area contributed by atoms with E-state index in [9.17, 15) is 14.4 Å². The SMILES string of the molecule is Cc1c(C(=O)Nc2ccc3c(c2)CCC(=O)N3)[nH]c2c1C(=O)CCC2. The summed E-state index contributed by atoms with van der Waals surface area (Å²) >= 11 is 0. The number of fused-ring (bicyclic) bond motifs is 2. The molecule has 0 spiro atoms. The quantitative estimate of drug-likeness (QED) is 0.787. The lowest BCUT2D eigenvalue weighted by atomic mass is 9.94. The predicted molar refractivity (Wildman–Crippen MR) is 94.1 cm³/mol. The minimum Gasteiger partial charge on any atom is -0.354 e. The van der Waals surface area contributed by atoms with Crippen molar-refractivity contribution >= 4 is 29.0 Å². The van der Waals surface area contributed by atoms with Crippen LogP contribution in [0.1, 0.15) is 56.9 Å². The van der Waals surface area contributed by atoms with Gasteiger partial charge in [0.25, 0.3) is 5.91 Å². The average Bonchev–Trinajstić information content (AvgIpc) is 2.93. The van der Waals surface area contributed by atoms with Crippen LogP contribution in [0.2, 0.25) is 0 Å². The Balaban J connectivity index is 1.59. The number of carbonyl (C=O) groups excluding carboxylic acids is 3. The van der Waals surface area contributed by atoms with Gasteiger partial charge >= 0.3 is 0 Å². The maximum atomic E-state index is 12.7. The van der Waals surface area contributed by atoms with Gasteiger partial charge in [0.2, 0.25) is 5.91 Å². The van der Waals surface area contributed by atoms with Gasteiger partial charge in [0, 0.05) is 35.5 Å². The molecule has 1 aromatic carbocycles. The second kappa shape index (κ2) is 5.88. The second-order valence-corrected chi connectivity index (χ2v) is 6.63. The van der Waals surface area contributed by atoms with Gasteiger partial charge in [-0.2, -0.15) is 0 Å². The summed E-state index contributed by atoms with van der Waals surface area (Å²) in [5.41, 5.74) is 5.21. The largest absolute Gasteiger partial charge is 0.354 e. The monoisotopic (exact) mass is 337 g/mol. The lowest BCUT2D eigenvalue weighted by Gasteiger charge is -2.17. The summed E-state index contributed by atoms with van der Waals surface area (Å²) in [5.74, 6) is -0.125. The fourth-order valence-electron chi connectivity index (χ4n) is 3.66. The second-order valence-electron chi connectivity index (χ2n) is 6.63. The summed E-state index contributed by atoms with van der Waals surface area (Å²) < 4.78 is 0. The van der Waals surface area contributed by atoms with Gasteiger partial charge in [-0.1, -0.05) is 0 Å². The molecule has 0 atom stereocenters. The Bertz CT molecular complexity index is 911. The van der Waals surface area contributed by atoms with Crippen LogP contribution in [-0.2, 0) is 17.6 Å². The Labute approximate surface area is 145 Å². The molecule has 2 amide bonds. The number of ketones is 1. The molecule has 2 aliphatic rings.